The van der Waals surface area contributed by atoms with Gasteiger partial charge in [-0.25, -0.2) is 4.39 Å². The van der Waals surface area contributed by atoms with Crippen LogP contribution < -0.4 is 10.6 Å². The molecule has 0 saturated heterocycles. The second-order valence-electron chi connectivity index (χ2n) is 7.08. The van der Waals surface area contributed by atoms with Gasteiger partial charge in [0.25, 0.3) is 0 Å². The van der Waals surface area contributed by atoms with Crippen LogP contribution in [0.1, 0.15) is 16.7 Å². The molecular formula is C22H20BrFN6S. The summed E-state index contributed by atoms with van der Waals surface area (Å²) in [6, 6.07) is 14.6. The van der Waals surface area contributed by atoms with E-state index in [0.717, 1.165) is 15.7 Å². The van der Waals surface area contributed by atoms with Crippen LogP contribution in [0.2, 0.25) is 0 Å². The minimum absolute atomic E-state index is 0.258. The Kier molecular flexibility index (Phi) is 6.43. The van der Waals surface area contributed by atoms with Gasteiger partial charge in [-0.05, 0) is 63.9 Å². The molecule has 0 aliphatic heterocycles. The Morgan fingerprint density at radius 3 is 2.58 bits per heavy atom. The first-order chi connectivity index (χ1) is 15.0. The van der Waals surface area contributed by atoms with Crippen LogP contribution in [0.25, 0.3) is 0 Å². The standard InChI is InChI=1S/C22H20BrFN6S/c1-15-4-2-3-5-17(15)12-29-13-19(10-25-29)26-22(31)27-21-20(23)14-30(28-21)11-16-6-8-18(24)9-7-16/h2-10,13-14H,11-12H2,1H3,(H2,26,27,28,31). The van der Waals surface area contributed by atoms with Crippen molar-refractivity contribution in [3.05, 3.63) is 94.1 Å². The molecule has 31 heavy (non-hydrogen) atoms. The molecule has 2 aromatic carbocycles. The number of thiocarbonyl (C=S) groups is 1. The highest BCUT2D eigenvalue weighted by Gasteiger charge is 2.10. The SMILES string of the molecule is Cc1ccccc1Cn1cc(NC(=S)Nc2nn(Cc3ccc(F)cc3)cc2Br)cn1. The summed E-state index contributed by atoms with van der Waals surface area (Å²) < 4.78 is 17.5. The fourth-order valence-corrected chi connectivity index (χ4v) is 3.72. The zero-order valence-corrected chi connectivity index (χ0v) is 19.1. The maximum atomic E-state index is 13.1. The van der Waals surface area contributed by atoms with Crippen LogP contribution in [0.15, 0.2) is 71.6 Å². The summed E-state index contributed by atoms with van der Waals surface area (Å²) >= 11 is 8.91. The lowest BCUT2D eigenvalue weighted by Crippen LogP contribution is -2.19. The lowest BCUT2D eigenvalue weighted by atomic mass is 10.1. The fraction of sp³-hybridized carbons (Fsp3) is 0.136. The number of nitrogens with one attached hydrogen (secondary N) is 2. The molecule has 2 heterocycles. The van der Waals surface area contributed by atoms with Gasteiger partial charge >= 0.3 is 0 Å². The van der Waals surface area contributed by atoms with Crippen LogP contribution in [0, 0.1) is 12.7 Å². The first-order valence-electron chi connectivity index (χ1n) is 9.58. The number of benzene rings is 2. The van der Waals surface area contributed by atoms with Crippen molar-refractivity contribution in [1.82, 2.24) is 19.6 Å². The first kappa shape index (κ1) is 21.2. The first-order valence-corrected chi connectivity index (χ1v) is 10.8. The van der Waals surface area contributed by atoms with Gasteiger partial charge in [-0.2, -0.15) is 10.2 Å². The van der Waals surface area contributed by atoms with E-state index < -0.39 is 0 Å². The van der Waals surface area contributed by atoms with Crippen LogP contribution in [0.3, 0.4) is 0 Å². The molecule has 9 heteroatoms. The minimum Gasteiger partial charge on any atom is -0.330 e. The minimum atomic E-state index is -0.258. The number of aromatic nitrogens is 4. The molecule has 4 rings (SSSR count). The second kappa shape index (κ2) is 9.40. The molecule has 0 bridgehead atoms. The van der Waals surface area contributed by atoms with Crippen molar-refractivity contribution in [2.75, 3.05) is 10.6 Å². The lowest BCUT2D eigenvalue weighted by molar-refractivity contribution is 0.624. The summed E-state index contributed by atoms with van der Waals surface area (Å²) in [6.07, 6.45) is 5.48. The normalized spacial score (nSPS) is 10.8. The number of hydrogen-bond donors (Lipinski definition) is 2. The highest BCUT2D eigenvalue weighted by atomic mass is 79.9. The summed E-state index contributed by atoms with van der Waals surface area (Å²) in [5.74, 6) is 0.332. The number of rotatable bonds is 6. The number of aryl methyl sites for hydroxylation is 1. The van der Waals surface area contributed by atoms with E-state index in [1.54, 1.807) is 23.0 Å². The van der Waals surface area contributed by atoms with Crippen molar-refractivity contribution in [3.63, 3.8) is 0 Å². The monoisotopic (exact) mass is 498 g/mol. The quantitative estimate of drug-likeness (QED) is 0.358. The zero-order chi connectivity index (χ0) is 21.8. The van der Waals surface area contributed by atoms with Gasteiger partial charge in [0.15, 0.2) is 10.9 Å². The Morgan fingerprint density at radius 1 is 1.03 bits per heavy atom. The number of hydrogen-bond acceptors (Lipinski definition) is 3. The van der Waals surface area contributed by atoms with E-state index >= 15 is 0 Å². The van der Waals surface area contributed by atoms with Gasteiger partial charge < -0.3 is 10.6 Å². The topological polar surface area (TPSA) is 59.7 Å². The average molecular weight is 499 g/mol. The summed E-state index contributed by atoms with van der Waals surface area (Å²) in [5.41, 5.74) is 4.18. The zero-order valence-electron chi connectivity index (χ0n) is 16.7. The van der Waals surface area contributed by atoms with Gasteiger partial charge in [-0.15, -0.1) is 0 Å². The Morgan fingerprint density at radius 2 is 1.81 bits per heavy atom. The van der Waals surface area contributed by atoms with E-state index in [4.69, 9.17) is 12.2 Å². The second-order valence-corrected chi connectivity index (χ2v) is 8.34. The maximum Gasteiger partial charge on any atom is 0.176 e. The van der Waals surface area contributed by atoms with Crippen LogP contribution in [0.4, 0.5) is 15.9 Å². The third-order valence-electron chi connectivity index (χ3n) is 4.69. The predicted molar refractivity (Wildman–Crippen MR) is 128 cm³/mol. The summed E-state index contributed by atoms with van der Waals surface area (Å²) in [5, 5.41) is 15.5. The third-order valence-corrected chi connectivity index (χ3v) is 5.48. The van der Waals surface area contributed by atoms with Gasteiger partial charge in [0.05, 0.1) is 29.4 Å². The van der Waals surface area contributed by atoms with E-state index in [-0.39, 0.29) is 5.82 Å². The molecular weight excluding hydrogens is 479 g/mol. The maximum absolute atomic E-state index is 13.1. The van der Waals surface area contributed by atoms with Crippen molar-refractivity contribution >= 4 is 44.8 Å². The van der Waals surface area contributed by atoms with Gasteiger partial charge in [-0.1, -0.05) is 36.4 Å². The van der Waals surface area contributed by atoms with Gasteiger partial charge in [-0.3, -0.25) is 9.36 Å². The van der Waals surface area contributed by atoms with Gasteiger partial charge in [0, 0.05) is 12.4 Å². The summed E-state index contributed by atoms with van der Waals surface area (Å²) in [7, 11) is 0. The van der Waals surface area contributed by atoms with Crippen molar-refractivity contribution in [2.45, 2.75) is 20.0 Å². The molecule has 2 N–H and O–H groups in total. The van der Waals surface area contributed by atoms with Gasteiger partial charge in [0.2, 0.25) is 0 Å². The van der Waals surface area contributed by atoms with E-state index in [1.807, 2.05) is 29.2 Å². The Hall–Kier alpha value is -3.04. The largest absolute Gasteiger partial charge is 0.330 e. The van der Waals surface area contributed by atoms with Crippen molar-refractivity contribution < 1.29 is 4.39 Å². The molecule has 0 spiro atoms. The van der Waals surface area contributed by atoms with Crippen LogP contribution >= 0.6 is 28.1 Å². The van der Waals surface area contributed by atoms with Crippen molar-refractivity contribution in [2.24, 2.45) is 0 Å². The van der Waals surface area contributed by atoms with E-state index in [1.165, 1.54) is 23.3 Å². The molecule has 2 aromatic heterocycles. The van der Waals surface area contributed by atoms with Gasteiger partial charge in [0.1, 0.15) is 5.82 Å². The highest BCUT2D eigenvalue weighted by Crippen LogP contribution is 2.21. The molecule has 0 atom stereocenters. The Balaban J connectivity index is 1.36. The number of nitrogens with zero attached hydrogens (tertiary/aromatic N) is 4. The average Bonchev–Trinajstić information content (AvgIpc) is 3.31. The lowest BCUT2D eigenvalue weighted by Gasteiger charge is -2.07. The summed E-state index contributed by atoms with van der Waals surface area (Å²) in [4.78, 5) is 0. The predicted octanol–water partition coefficient (Wildman–Crippen LogP) is 5.20. The Bertz CT molecular complexity index is 1200. The van der Waals surface area contributed by atoms with Crippen molar-refractivity contribution in [3.8, 4) is 0 Å². The highest BCUT2D eigenvalue weighted by molar-refractivity contribution is 9.10. The van der Waals surface area contributed by atoms with E-state index in [2.05, 4.69) is 55.8 Å². The molecule has 4 aromatic rings. The molecule has 0 unspecified atom stereocenters. The van der Waals surface area contributed by atoms with Crippen LogP contribution in [-0.4, -0.2) is 24.7 Å². The molecule has 0 saturated carbocycles. The Labute approximate surface area is 193 Å². The molecule has 0 amide bonds. The molecule has 0 aliphatic rings. The smallest absolute Gasteiger partial charge is 0.176 e. The fourth-order valence-electron chi connectivity index (χ4n) is 3.09. The van der Waals surface area contributed by atoms with Crippen molar-refractivity contribution in [1.29, 1.82) is 0 Å². The summed E-state index contributed by atoms with van der Waals surface area (Å²) in [6.45, 7) is 3.30. The molecule has 6 nitrogen and oxygen atoms in total. The molecule has 158 valence electrons. The third kappa shape index (κ3) is 5.56. The molecule has 0 fully saturated rings. The molecule has 0 aliphatic carbocycles. The van der Waals surface area contributed by atoms with Crippen LogP contribution in [-0.2, 0) is 13.1 Å². The van der Waals surface area contributed by atoms with Crippen LogP contribution in [0.5, 0.6) is 0 Å². The number of halogens is 2. The van der Waals surface area contributed by atoms with E-state index in [0.29, 0.717) is 24.0 Å². The molecule has 0 radical (unpaired) electrons. The van der Waals surface area contributed by atoms with E-state index in [9.17, 15) is 4.39 Å². The number of anilines is 2.